The predicted octanol–water partition coefficient (Wildman–Crippen LogP) is 4.34. The molecular formula is C21H32Cl2N4O. The molecule has 5 nitrogen and oxygen atoms in total. The van der Waals surface area contributed by atoms with Crippen LogP contribution in [0.25, 0.3) is 0 Å². The molecule has 1 aromatic carbocycles. The third-order valence-corrected chi connectivity index (χ3v) is 5.37. The second kappa shape index (κ2) is 10.0. The van der Waals surface area contributed by atoms with E-state index < -0.39 is 76.5 Å². The maximum Gasteiger partial charge on any atom is 0.317 e. The Balaban J connectivity index is 1.84. The van der Waals surface area contributed by atoms with Crippen molar-refractivity contribution in [2.75, 3.05) is 51.4 Å². The summed E-state index contributed by atoms with van der Waals surface area (Å²) in [7, 11) is 0. The van der Waals surface area contributed by atoms with Crippen molar-refractivity contribution in [1.29, 1.82) is 0 Å². The number of carbonyl (C=O) groups is 1. The number of nitrogens with zero attached hydrogens (tertiary/aromatic N) is 3. The minimum absolute atomic E-state index is 0.0311. The van der Waals surface area contributed by atoms with E-state index in [9.17, 15) is 4.79 Å². The average molecular weight is 444 g/mol. The summed E-state index contributed by atoms with van der Waals surface area (Å²) in [4.78, 5) is 12.7. The molecule has 1 aromatic rings. The standard InChI is InChI=1S/C21H32Cl2N4O/c1-25(2)21(28)24-17-8-6-16(7-9-17)10-11-26-12-14-27(15-13-26)19-5-3-4-18(22)20(19)23/h3-5,16-17H,6-15H2,1-2H3,(H,24,28)/i1D3,2D3,10D2,12D2,13D2,14D2,15D2. The van der Waals surface area contributed by atoms with Gasteiger partial charge >= 0.3 is 6.03 Å². The first-order valence-electron chi connectivity index (χ1n) is 16.7. The van der Waals surface area contributed by atoms with Crippen LogP contribution in [0.15, 0.2) is 18.2 Å². The van der Waals surface area contributed by atoms with Gasteiger partial charge in [-0.05, 0) is 56.7 Å². The van der Waals surface area contributed by atoms with E-state index in [4.69, 9.17) is 45.1 Å². The quantitative estimate of drug-likeness (QED) is 0.736. The molecule has 3 rings (SSSR count). The Labute approximate surface area is 201 Å². The summed E-state index contributed by atoms with van der Waals surface area (Å²) in [6, 6.07) is 1.75. The topological polar surface area (TPSA) is 38.8 Å². The molecule has 1 heterocycles. The SMILES string of the molecule is [2H]C([2H])(CN1C([2H])([2H])C([2H])([2H])N(c2cccc(Cl)c2Cl)C([2H])([2H])C1([2H])[2H])C1CCC(NC(=O)N(C([2H])([2H])[2H])C([2H])([2H])[2H])CC1. The smallest absolute Gasteiger partial charge is 0.317 e. The van der Waals surface area contributed by atoms with Crippen molar-refractivity contribution in [2.45, 2.75) is 38.1 Å². The van der Waals surface area contributed by atoms with Crippen LogP contribution in [-0.4, -0.2) is 68.4 Å². The highest BCUT2D eigenvalue weighted by Gasteiger charge is 2.24. The maximum absolute atomic E-state index is 12.5. The van der Waals surface area contributed by atoms with Crippen LogP contribution in [0.5, 0.6) is 0 Å². The molecule has 0 aromatic heterocycles. The minimum Gasteiger partial charge on any atom is -0.368 e. The number of piperazine rings is 1. The van der Waals surface area contributed by atoms with Crippen molar-refractivity contribution in [2.24, 2.45) is 5.92 Å². The van der Waals surface area contributed by atoms with Crippen LogP contribution < -0.4 is 10.2 Å². The Morgan fingerprint density at radius 2 is 1.96 bits per heavy atom. The van der Waals surface area contributed by atoms with E-state index in [1.807, 2.05) is 0 Å². The Hall–Kier alpha value is -1.17. The largest absolute Gasteiger partial charge is 0.368 e. The van der Waals surface area contributed by atoms with Gasteiger partial charge in [-0.25, -0.2) is 4.79 Å². The lowest BCUT2D eigenvalue weighted by molar-refractivity contribution is 0.194. The summed E-state index contributed by atoms with van der Waals surface area (Å²) in [6.45, 7) is -20.8. The first kappa shape index (κ1) is 8.91. The van der Waals surface area contributed by atoms with E-state index in [-0.39, 0.29) is 50.4 Å². The van der Waals surface area contributed by atoms with Crippen LogP contribution in [0, 0.1) is 5.92 Å². The molecule has 0 radical (unpaired) electrons. The van der Waals surface area contributed by atoms with Crippen molar-refractivity contribution in [1.82, 2.24) is 15.1 Å². The molecule has 1 aliphatic carbocycles. The van der Waals surface area contributed by atoms with Crippen molar-refractivity contribution in [3.63, 3.8) is 0 Å². The minimum atomic E-state index is -3.32. The molecule has 1 aliphatic heterocycles. The lowest BCUT2D eigenvalue weighted by Gasteiger charge is -2.37. The molecule has 156 valence electrons. The normalized spacial score (nSPS) is 40.6. The molecule has 7 heteroatoms. The molecule has 2 amide bonds. The molecule has 2 fully saturated rings. The zero-order valence-electron chi connectivity index (χ0n) is 30.9. The van der Waals surface area contributed by atoms with Gasteiger partial charge in [0.2, 0.25) is 0 Å². The Morgan fingerprint density at radius 1 is 1.25 bits per heavy atom. The maximum atomic E-state index is 12.5. The van der Waals surface area contributed by atoms with Gasteiger partial charge in [0.1, 0.15) is 0 Å². The van der Waals surface area contributed by atoms with E-state index in [1.165, 1.54) is 12.1 Å². The number of urea groups is 1. The van der Waals surface area contributed by atoms with E-state index in [2.05, 4.69) is 5.32 Å². The van der Waals surface area contributed by atoms with Gasteiger partial charge in [0.25, 0.3) is 0 Å². The van der Waals surface area contributed by atoms with Crippen molar-refractivity contribution in [3.8, 4) is 0 Å². The fraction of sp³-hybridized carbons (Fsp3) is 0.667. The van der Waals surface area contributed by atoms with Gasteiger partial charge in [-0.2, -0.15) is 0 Å². The Morgan fingerprint density at radius 3 is 2.64 bits per heavy atom. The summed E-state index contributed by atoms with van der Waals surface area (Å²) in [5.41, 5.74) is -0.402. The number of benzene rings is 1. The van der Waals surface area contributed by atoms with Crippen LogP contribution >= 0.6 is 23.2 Å². The van der Waals surface area contributed by atoms with Crippen molar-refractivity contribution < 1.29 is 26.7 Å². The van der Waals surface area contributed by atoms with Gasteiger partial charge in [-0.3, -0.25) is 4.90 Å². The fourth-order valence-electron chi connectivity index (χ4n) is 3.04. The first-order chi connectivity index (χ1) is 19.6. The number of anilines is 1. The number of rotatable bonds is 5. The molecule has 1 saturated heterocycles. The van der Waals surface area contributed by atoms with Gasteiger partial charge in [-0.1, -0.05) is 29.3 Å². The zero-order chi connectivity index (χ0) is 34.1. The van der Waals surface area contributed by atoms with Crippen LogP contribution in [0.4, 0.5) is 10.5 Å². The van der Waals surface area contributed by atoms with E-state index in [0.717, 1.165) is 6.07 Å². The van der Waals surface area contributed by atoms with Crippen LogP contribution in [0.2, 0.25) is 10.0 Å². The average Bonchev–Trinajstić information content (AvgIpc) is 2.82. The number of amides is 2. The second-order valence-corrected chi connectivity index (χ2v) is 7.26. The Kier molecular flexibility index (Phi) is 3.19. The third-order valence-electron chi connectivity index (χ3n) is 4.56. The summed E-state index contributed by atoms with van der Waals surface area (Å²) in [5, 5.41) is 1.92. The van der Waals surface area contributed by atoms with Gasteiger partial charge in [0, 0.05) is 62.4 Å². The van der Waals surface area contributed by atoms with Gasteiger partial charge in [0.05, 0.1) is 21.2 Å². The van der Waals surface area contributed by atoms with Crippen LogP contribution in [0.1, 0.15) is 54.0 Å². The fourth-order valence-corrected chi connectivity index (χ4v) is 3.42. The van der Waals surface area contributed by atoms with Crippen LogP contribution in [-0.2, 0) is 0 Å². The molecule has 1 N–H and O–H groups in total. The molecular weight excluding hydrogens is 395 g/mol. The van der Waals surface area contributed by atoms with Crippen LogP contribution in [0.3, 0.4) is 0 Å². The summed E-state index contributed by atoms with van der Waals surface area (Å²) >= 11 is 12.2. The number of hydrogen-bond donors (Lipinski definition) is 1. The lowest BCUT2D eigenvalue weighted by Crippen LogP contribution is -2.47. The number of hydrogen-bond acceptors (Lipinski definition) is 3. The lowest BCUT2D eigenvalue weighted by atomic mass is 9.84. The molecule has 0 spiro atoms. The highest BCUT2D eigenvalue weighted by atomic mass is 35.5. The molecule has 1 saturated carbocycles. The summed E-state index contributed by atoms with van der Waals surface area (Å²) < 4.78 is 131. The highest BCUT2D eigenvalue weighted by Crippen LogP contribution is 2.33. The van der Waals surface area contributed by atoms with Crippen molar-refractivity contribution >= 4 is 34.9 Å². The molecule has 0 unspecified atom stereocenters. The molecule has 28 heavy (non-hydrogen) atoms. The molecule has 0 atom stereocenters. The first-order valence-corrected chi connectivity index (χ1v) is 9.50. The summed E-state index contributed by atoms with van der Waals surface area (Å²) in [5.74, 6) is -0.888. The predicted molar refractivity (Wildman–Crippen MR) is 118 cm³/mol. The zero-order valence-corrected chi connectivity index (χ0v) is 16.4. The van der Waals surface area contributed by atoms with Crippen molar-refractivity contribution in [3.05, 3.63) is 28.2 Å². The Bertz CT molecular complexity index is 1190. The van der Waals surface area contributed by atoms with Gasteiger partial charge < -0.3 is 15.1 Å². The molecule has 2 aliphatic rings. The number of carbonyl (C=O) groups excluding carboxylic acids is 1. The summed E-state index contributed by atoms with van der Waals surface area (Å²) in [6.07, 6.45) is -2.18. The van der Waals surface area contributed by atoms with E-state index in [0.29, 0.717) is 0 Å². The van der Waals surface area contributed by atoms with E-state index in [1.54, 1.807) is 0 Å². The number of nitrogens with one attached hydrogen (secondary N) is 1. The van der Waals surface area contributed by atoms with Gasteiger partial charge in [0.15, 0.2) is 0 Å². The van der Waals surface area contributed by atoms with Gasteiger partial charge in [-0.15, -0.1) is 0 Å². The molecule has 0 bridgehead atoms. The number of halogens is 2. The monoisotopic (exact) mass is 442 g/mol. The third kappa shape index (κ3) is 5.68. The second-order valence-electron chi connectivity index (χ2n) is 6.48. The highest BCUT2D eigenvalue weighted by molar-refractivity contribution is 6.43. The van der Waals surface area contributed by atoms with E-state index >= 15 is 0 Å².